The molecule has 1 aromatic carbocycles. The van der Waals surface area contributed by atoms with Crippen LogP contribution in [0.25, 0.3) is 16.6 Å². The lowest BCUT2D eigenvalue weighted by Crippen LogP contribution is -2.45. The Kier molecular flexibility index (Phi) is 5.63. The lowest BCUT2D eigenvalue weighted by molar-refractivity contribution is 0.102. The highest BCUT2D eigenvalue weighted by molar-refractivity contribution is 6.13. The number of fused-ring (bicyclic) bond motifs is 3. The number of pyridine rings is 1. The van der Waals surface area contributed by atoms with Gasteiger partial charge in [-0.1, -0.05) is 0 Å². The van der Waals surface area contributed by atoms with Crippen molar-refractivity contribution in [1.29, 1.82) is 0 Å². The van der Waals surface area contributed by atoms with Crippen molar-refractivity contribution in [1.82, 2.24) is 29.8 Å². The van der Waals surface area contributed by atoms with Crippen molar-refractivity contribution in [3.8, 4) is 0 Å². The molecule has 3 aromatic heterocycles. The summed E-state index contributed by atoms with van der Waals surface area (Å²) in [4.78, 5) is 20.0. The average molecular weight is 517 g/mol. The minimum absolute atomic E-state index is 0.241. The zero-order valence-electron chi connectivity index (χ0n) is 21.7. The number of hydrogen-bond donors (Lipinski definition) is 3. The number of carbonyl (C=O) groups is 1. The molecule has 3 N–H and O–H groups in total. The Labute approximate surface area is 220 Å². The van der Waals surface area contributed by atoms with Gasteiger partial charge in [0.25, 0.3) is 5.91 Å². The van der Waals surface area contributed by atoms with E-state index in [0.29, 0.717) is 41.1 Å². The lowest BCUT2D eigenvalue weighted by Gasteiger charge is -2.35. The van der Waals surface area contributed by atoms with E-state index in [1.165, 1.54) is 6.07 Å². The maximum atomic E-state index is 14.6. The largest absolute Gasteiger partial charge is 0.371 e. The number of carbonyl (C=O) groups excluding carboxylic acids is 1. The monoisotopic (exact) mass is 516 g/mol. The summed E-state index contributed by atoms with van der Waals surface area (Å²) in [6, 6.07) is 6.45. The van der Waals surface area contributed by atoms with Crippen molar-refractivity contribution in [2.45, 2.75) is 45.3 Å². The van der Waals surface area contributed by atoms with Gasteiger partial charge in [-0.3, -0.25) is 9.48 Å². The van der Waals surface area contributed by atoms with Gasteiger partial charge in [-0.05, 0) is 63.7 Å². The maximum absolute atomic E-state index is 14.6. The van der Waals surface area contributed by atoms with Crippen LogP contribution in [0.15, 0.2) is 36.8 Å². The van der Waals surface area contributed by atoms with Crippen molar-refractivity contribution >= 4 is 33.8 Å². The van der Waals surface area contributed by atoms with Gasteiger partial charge >= 0.3 is 0 Å². The van der Waals surface area contributed by atoms with E-state index in [1.807, 2.05) is 36.9 Å². The lowest BCUT2D eigenvalue weighted by atomic mass is 10.0. The number of aromatic nitrogens is 4. The van der Waals surface area contributed by atoms with Crippen LogP contribution < -0.4 is 20.9 Å². The van der Waals surface area contributed by atoms with E-state index in [1.54, 1.807) is 16.8 Å². The number of nitrogens with zero attached hydrogens (tertiary/aromatic N) is 5. The number of benzene rings is 1. The minimum Gasteiger partial charge on any atom is -0.371 e. The molecular formula is C28H33FN8O. The van der Waals surface area contributed by atoms with Gasteiger partial charge in [0.05, 0.1) is 16.9 Å². The van der Waals surface area contributed by atoms with Gasteiger partial charge < -0.3 is 25.3 Å². The molecule has 2 aliphatic heterocycles. The van der Waals surface area contributed by atoms with E-state index in [4.69, 9.17) is 5.10 Å². The van der Waals surface area contributed by atoms with Crippen LogP contribution in [0.4, 0.5) is 15.8 Å². The fraction of sp³-hybridized carbons (Fsp3) is 0.464. The predicted molar refractivity (Wildman–Crippen MR) is 145 cm³/mol. The summed E-state index contributed by atoms with van der Waals surface area (Å²) in [5.74, 6) is 0.861. The molecule has 3 fully saturated rings. The van der Waals surface area contributed by atoms with Gasteiger partial charge in [-0.25, -0.2) is 9.37 Å². The Morgan fingerprint density at radius 2 is 1.95 bits per heavy atom. The molecule has 38 heavy (non-hydrogen) atoms. The highest BCUT2D eigenvalue weighted by Crippen LogP contribution is 2.42. The highest BCUT2D eigenvalue weighted by atomic mass is 19.1. The molecule has 2 saturated heterocycles. The maximum Gasteiger partial charge on any atom is 0.257 e. The molecule has 1 saturated carbocycles. The van der Waals surface area contributed by atoms with Crippen LogP contribution in [-0.4, -0.2) is 63.3 Å². The Morgan fingerprint density at radius 1 is 1.16 bits per heavy atom. The highest BCUT2D eigenvalue weighted by Gasteiger charge is 2.53. The molecule has 10 heteroatoms. The summed E-state index contributed by atoms with van der Waals surface area (Å²) in [6.45, 7) is 8.82. The zero-order chi connectivity index (χ0) is 26.0. The summed E-state index contributed by atoms with van der Waals surface area (Å²) < 4.78 is 18.0. The van der Waals surface area contributed by atoms with Crippen LogP contribution in [0.5, 0.6) is 0 Å². The smallest absolute Gasteiger partial charge is 0.257 e. The molecule has 1 amide bonds. The molecule has 5 heterocycles. The average Bonchev–Trinajstić information content (AvgIpc) is 3.36. The van der Waals surface area contributed by atoms with E-state index in [9.17, 15) is 9.18 Å². The van der Waals surface area contributed by atoms with Crippen molar-refractivity contribution < 1.29 is 9.18 Å². The van der Waals surface area contributed by atoms with Gasteiger partial charge in [0.15, 0.2) is 11.5 Å². The first-order valence-corrected chi connectivity index (χ1v) is 13.7. The zero-order valence-corrected chi connectivity index (χ0v) is 21.7. The molecule has 2 atom stereocenters. The van der Waals surface area contributed by atoms with E-state index in [0.717, 1.165) is 61.9 Å². The summed E-state index contributed by atoms with van der Waals surface area (Å²) in [5.41, 5.74) is 3.58. The van der Waals surface area contributed by atoms with E-state index >= 15 is 0 Å². The summed E-state index contributed by atoms with van der Waals surface area (Å²) in [5, 5.41) is 16.0. The van der Waals surface area contributed by atoms with Gasteiger partial charge in [-0.2, -0.15) is 5.10 Å². The fourth-order valence-electron chi connectivity index (χ4n) is 6.43. The number of amides is 1. The van der Waals surface area contributed by atoms with Crippen molar-refractivity contribution in [3.05, 3.63) is 53.9 Å². The summed E-state index contributed by atoms with van der Waals surface area (Å²) in [7, 11) is 0. The second-order valence-corrected chi connectivity index (χ2v) is 11.0. The number of imidazole rings is 1. The molecule has 4 aromatic rings. The quantitative estimate of drug-likeness (QED) is 0.365. The molecule has 7 rings (SSSR count). The number of rotatable bonds is 6. The molecule has 0 radical (unpaired) electrons. The Balaban J connectivity index is 1.11. The molecule has 9 nitrogen and oxygen atoms in total. The molecule has 0 bridgehead atoms. The van der Waals surface area contributed by atoms with Gasteiger partial charge in [-0.15, -0.1) is 0 Å². The summed E-state index contributed by atoms with van der Waals surface area (Å²) >= 11 is 0. The number of nitrogens with one attached hydrogen (secondary N) is 3. The van der Waals surface area contributed by atoms with Crippen LogP contribution in [0.1, 0.15) is 35.8 Å². The van der Waals surface area contributed by atoms with Crippen molar-refractivity contribution in [2.75, 3.05) is 36.4 Å². The van der Waals surface area contributed by atoms with Gasteiger partial charge in [0.2, 0.25) is 0 Å². The topological polar surface area (TPSA) is 91.5 Å². The van der Waals surface area contributed by atoms with Crippen LogP contribution in [0, 0.1) is 24.6 Å². The molecule has 3 aliphatic rings. The Bertz CT molecular complexity index is 1520. The van der Waals surface area contributed by atoms with E-state index in [2.05, 4.69) is 25.8 Å². The first kappa shape index (κ1) is 23.6. The standard InChI is InChI=1S/C28H33FN8O/c1-3-37-15-22-24(35-8-6-17(7-9-35)32-25-20-11-30-12-21(20)25)5-4-19(26(22)34-37)28(38)33-18-10-23(29)27-31-16(2)13-36(27)14-18/h4-5,10,13-15,17,20-21,25,30,32H,3,6-9,11-12H2,1-2H3,(H,33,38). The van der Waals surface area contributed by atoms with E-state index < -0.39 is 5.82 Å². The number of hydrogen-bond acceptors (Lipinski definition) is 6. The van der Waals surface area contributed by atoms with Crippen LogP contribution in [-0.2, 0) is 6.54 Å². The number of anilines is 2. The van der Waals surface area contributed by atoms with Crippen LogP contribution in [0.2, 0.25) is 0 Å². The Morgan fingerprint density at radius 3 is 2.71 bits per heavy atom. The second-order valence-electron chi connectivity index (χ2n) is 11.0. The normalized spacial score (nSPS) is 23.3. The molecule has 1 aliphatic carbocycles. The SMILES string of the molecule is CCn1cc2c(N3CCC(NC4C5CNCC54)CC3)ccc(C(=O)Nc3cc(F)c4nc(C)cn4c3)c2n1. The first-order chi connectivity index (χ1) is 18.5. The third kappa shape index (κ3) is 4.03. The number of piperidine rings is 2. The molecule has 0 spiro atoms. The second kappa shape index (κ2) is 9.06. The van der Waals surface area contributed by atoms with E-state index in [-0.39, 0.29) is 11.6 Å². The molecule has 2 unspecified atom stereocenters. The Hall–Kier alpha value is -3.50. The third-order valence-electron chi connectivity index (χ3n) is 8.51. The third-order valence-corrected chi connectivity index (χ3v) is 8.51. The minimum atomic E-state index is -0.480. The molecular weight excluding hydrogens is 483 g/mol. The van der Waals surface area contributed by atoms with Gasteiger partial charge in [0, 0.05) is 67.4 Å². The van der Waals surface area contributed by atoms with Crippen molar-refractivity contribution in [3.63, 3.8) is 0 Å². The van der Waals surface area contributed by atoms with Crippen LogP contribution in [0.3, 0.4) is 0 Å². The predicted octanol–water partition coefficient (Wildman–Crippen LogP) is 3.18. The first-order valence-electron chi connectivity index (χ1n) is 13.7. The number of halogens is 1. The molecule has 198 valence electrons. The fourth-order valence-corrected chi connectivity index (χ4v) is 6.43. The van der Waals surface area contributed by atoms with Crippen molar-refractivity contribution in [2.24, 2.45) is 11.8 Å². The van der Waals surface area contributed by atoms with Gasteiger partial charge in [0.1, 0.15) is 5.52 Å². The number of aryl methyl sites for hydroxylation is 2. The summed E-state index contributed by atoms with van der Waals surface area (Å²) in [6.07, 6.45) is 7.66. The van der Waals surface area contributed by atoms with Crippen LogP contribution >= 0.6 is 0 Å².